The molecule has 0 fully saturated rings. The van der Waals surface area contributed by atoms with Gasteiger partial charge in [0, 0.05) is 47.5 Å². The molecule has 0 aromatic heterocycles. The zero-order valence-electron chi connectivity index (χ0n) is 22.7. The Bertz CT molecular complexity index is 1270. The molecule has 0 saturated carbocycles. The number of nitrogens with zero attached hydrogens (tertiary/aromatic N) is 2. The summed E-state index contributed by atoms with van der Waals surface area (Å²) in [5.74, 6) is -0.712. The predicted molar refractivity (Wildman–Crippen MR) is 150 cm³/mol. The van der Waals surface area contributed by atoms with Crippen LogP contribution in [0.3, 0.4) is 0 Å². The lowest BCUT2D eigenvalue weighted by atomic mass is 9.81. The van der Waals surface area contributed by atoms with Crippen molar-refractivity contribution in [1.82, 2.24) is 0 Å². The van der Waals surface area contributed by atoms with Gasteiger partial charge in [0.25, 0.3) is 0 Å². The smallest absolute Gasteiger partial charge is 0.303 e. The number of aliphatic carboxylic acids is 1. The number of hydrogen-bond acceptors (Lipinski definition) is 2. The minimum atomic E-state index is -0.712. The SMILES string of the molecule is C[N+]1=C(C=C/C=C/C=C2\N(CCCCCC(=O)O)c3ccccc3C2(C)C)C(C)(C)c2ccccc21.[Br-]. The van der Waals surface area contributed by atoms with Crippen molar-refractivity contribution in [3.8, 4) is 0 Å². The van der Waals surface area contributed by atoms with Crippen LogP contribution >= 0.6 is 0 Å². The van der Waals surface area contributed by atoms with Crippen molar-refractivity contribution in [2.45, 2.75) is 64.2 Å². The van der Waals surface area contributed by atoms with E-state index >= 15 is 0 Å². The fraction of sp³-hybridized carbons (Fsp3) is 0.375. The Morgan fingerprint density at radius 3 is 2.27 bits per heavy atom. The van der Waals surface area contributed by atoms with E-state index in [0.29, 0.717) is 0 Å². The highest BCUT2D eigenvalue weighted by Gasteiger charge is 2.42. The van der Waals surface area contributed by atoms with Crippen LogP contribution in [-0.4, -0.2) is 35.0 Å². The summed E-state index contributed by atoms with van der Waals surface area (Å²) in [5.41, 5.74) is 7.70. The maximum Gasteiger partial charge on any atom is 0.303 e. The summed E-state index contributed by atoms with van der Waals surface area (Å²) >= 11 is 0. The number of unbranched alkanes of at least 4 members (excludes halogenated alkanes) is 2. The number of anilines is 1. The number of carboxylic acids is 1. The van der Waals surface area contributed by atoms with Gasteiger partial charge < -0.3 is 27.0 Å². The third kappa shape index (κ3) is 5.67. The Kier molecular flexibility index (Phi) is 9.01. The van der Waals surface area contributed by atoms with Crippen LogP contribution in [0.1, 0.15) is 64.5 Å². The zero-order valence-corrected chi connectivity index (χ0v) is 24.3. The summed E-state index contributed by atoms with van der Waals surface area (Å²) in [7, 11) is 2.14. The lowest BCUT2D eigenvalue weighted by Gasteiger charge is -2.27. The second-order valence-electron chi connectivity index (χ2n) is 10.9. The molecule has 0 aliphatic carbocycles. The lowest BCUT2D eigenvalue weighted by molar-refractivity contribution is -0.401. The molecule has 2 heterocycles. The maximum absolute atomic E-state index is 10.8. The second-order valence-corrected chi connectivity index (χ2v) is 10.9. The quantitative estimate of drug-likeness (QED) is 0.284. The first-order valence-electron chi connectivity index (χ1n) is 13.0. The van der Waals surface area contributed by atoms with E-state index in [9.17, 15) is 4.79 Å². The van der Waals surface area contributed by atoms with Crippen molar-refractivity contribution < 1.29 is 31.5 Å². The summed E-state index contributed by atoms with van der Waals surface area (Å²) < 4.78 is 2.29. The van der Waals surface area contributed by atoms with Crippen molar-refractivity contribution in [2.24, 2.45) is 0 Å². The number of benzene rings is 2. The molecule has 0 bridgehead atoms. The number of carboxylic acid groups (broad SMARTS) is 1. The Labute approximate surface area is 232 Å². The predicted octanol–water partition coefficient (Wildman–Crippen LogP) is 4.14. The molecule has 37 heavy (non-hydrogen) atoms. The van der Waals surface area contributed by atoms with Crippen LogP contribution in [0.5, 0.6) is 0 Å². The summed E-state index contributed by atoms with van der Waals surface area (Å²) in [5, 5.41) is 8.93. The van der Waals surface area contributed by atoms with E-state index in [2.05, 4.69) is 123 Å². The van der Waals surface area contributed by atoms with E-state index in [-0.39, 0.29) is 34.2 Å². The second kappa shape index (κ2) is 11.6. The largest absolute Gasteiger partial charge is 1.00 e. The average molecular weight is 564 g/mol. The van der Waals surface area contributed by atoms with Crippen molar-refractivity contribution in [2.75, 3.05) is 18.5 Å². The van der Waals surface area contributed by atoms with Gasteiger partial charge in [-0.25, -0.2) is 0 Å². The summed E-state index contributed by atoms with van der Waals surface area (Å²) in [6.45, 7) is 10.0. The van der Waals surface area contributed by atoms with E-state index in [1.165, 1.54) is 33.9 Å². The summed E-state index contributed by atoms with van der Waals surface area (Å²) in [6.07, 6.45) is 13.7. The molecule has 5 heteroatoms. The van der Waals surface area contributed by atoms with Crippen molar-refractivity contribution in [3.63, 3.8) is 0 Å². The number of fused-ring (bicyclic) bond motifs is 2. The minimum absolute atomic E-state index is 0. The van der Waals surface area contributed by atoms with Gasteiger partial charge in [-0.15, -0.1) is 0 Å². The van der Waals surface area contributed by atoms with Crippen LogP contribution in [0.15, 0.2) is 84.6 Å². The summed E-state index contributed by atoms with van der Waals surface area (Å²) in [4.78, 5) is 13.3. The molecule has 0 saturated heterocycles. The summed E-state index contributed by atoms with van der Waals surface area (Å²) in [6, 6.07) is 17.3. The van der Waals surface area contributed by atoms with E-state index in [1.807, 2.05) is 0 Å². The van der Waals surface area contributed by atoms with Crippen molar-refractivity contribution >= 4 is 23.1 Å². The van der Waals surface area contributed by atoms with E-state index in [1.54, 1.807) is 0 Å². The van der Waals surface area contributed by atoms with E-state index in [4.69, 9.17) is 5.11 Å². The molecule has 0 atom stereocenters. The molecular formula is C32H39BrN2O2. The average Bonchev–Trinajstić information content (AvgIpc) is 3.18. The molecule has 2 aromatic rings. The Balaban J connectivity index is 0.00000380. The minimum Gasteiger partial charge on any atom is -1.00 e. The van der Waals surface area contributed by atoms with Gasteiger partial charge in [0.15, 0.2) is 5.71 Å². The molecule has 2 aliphatic rings. The van der Waals surface area contributed by atoms with Crippen LogP contribution in [0.25, 0.3) is 0 Å². The third-order valence-corrected chi connectivity index (χ3v) is 7.74. The van der Waals surface area contributed by atoms with Gasteiger partial charge in [0.1, 0.15) is 7.05 Å². The molecular weight excluding hydrogens is 524 g/mol. The third-order valence-electron chi connectivity index (χ3n) is 7.74. The fourth-order valence-electron chi connectivity index (χ4n) is 5.76. The van der Waals surface area contributed by atoms with Gasteiger partial charge in [0.05, 0.1) is 5.41 Å². The highest BCUT2D eigenvalue weighted by atomic mass is 79.9. The molecule has 0 spiro atoms. The Morgan fingerprint density at radius 1 is 0.892 bits per heavy atom. The first-order valence-corrected chi connectivity index (χ1v) is 13.0. The number of hydrogen-bond donors (Lipinski definition) is 1. The zero-order chi connectivity index (χ0) is 25.9. The van der Waals surface area contributed by atoms with Gasteiger partial charge in [-0.2, -0.15) is 4.58 Å². The maximum atomic E-state index is 10.8. The van der Waals surface area contributed by atoms with Gasteiger partial charge in [-0.1, -0.05) is 74.9 Å². The molecule has 0 amide bonds. The van der Waals surface area contributed by atoms with Gasteiger partial charge in [0.2, 0.25) is 5.69 Å². The Morgan fingerprint density at radius 2 is 1.57 bits per heavy atom. The number of para-hydroxylation sites is 2. The first-order chi connectivity index (χ1) is 17.2. The van der Waals surface area contributed by atoms with Crippen LogP contribution < -0.4 is 21.9 Å². The lowest BCUT2D eigenvalue weighted by Crippen LogP contribution is -3.00. The van der Waals surface area contributed by atoms with Crippen molar-refractivity contribution in [3.05, 3.63) is 95.7 Å². The molecule has 4 rings (SSSR count). The van der Waals surface area contributed by atoms with E-state index in [0.717, 1.165) is 25.8 Å². The van der Waals surface area contributed by atoms with Gasteiger partial charge in [-0.05, 0) is 44.4 Å². The molecule has 1 N–H and O–H groups in total. The monoisotopic (exact) mass is 562 g/mol. The van der Waals surface area contributed by atoms with E-state index < -0.39 is 5.97 Å². The van der Waals surface area contributed by atoms with Crippen LogP contribution in [-0.2, 0) is 15.6 Å². The molecule has 0 radical (unpaired) electrons. The molecule has 2 aromatic carbocycles. The normalized spacial score (nSPS) is 18.5. The highest BCUT2D eigenvalue weighted by molar-refractivity contribution is 6.03. The molecule has 2 aliphatic heterocycles. The van der Waals surface area contributed by atoms with Crippen LogP contribution in [0.4, 0.5) is 11.4 Å². The van der Waals surface area contributed by atoms with Crippen LogP contribution in [0.2, 0.25) is 0 Å². The van der Waals surface area contributed by atoms with Gasteiger partial charge in [-0.3, -0.25) is 4.79 Å². The number of halogens is 1. The molecule has 0 unspecified atom stereocenters. The van der Waals surface area contributed by atoms with Crippen molar-refractivity contribution in [1.29, 1.82) is 0 Å². The number of carbonyl (C=O) groups is 1. The first kappa shape index (κ1) is 28.6. The number of allylic oxidation sites excluding steroid dienone is 6. The molecule has 4 nitrogen and oxygen atoms in total. The standard InChI is InChI=1S/C32H38N2O2.BrH/c1-31(2)24-16-11-13-18-26(24)33(5)28(31)20-8-6-9-21-29-32(3,4)25-17-12-14-19-27(25)34(29)23-15-7-10-22-30(35)36;/h6,8-9,11-14,16-21H,7,10,15,22-23H2,1-5H3;1H. The topological polar surface area (TPSA) is 43.5 Å². The fourth-order valence-corrected chi connectivity index (χ4v) is 5.76. The Hall–Kier alpha value is -2.92. The number of rotatable bonds is 9. The van der Waals surface area contributed by atoms with Gasteiger partial charge >= 0.3 is 5.97 Å². The molecule has 196 valence electrons. The van der Waals surface area contributed by atoms with Crippen LogP contribution in [0, 0.1) is 0 Å². The highest BCUT2D eigenvalue weighted by Crippen LogP contribution is 2.47.